The minimum Gasteiger partial charge on any atom is -0.619 e. The molecule has 0 saturated heterocycles. The molecule has 0 aliphatic heterocycles. The number of sulfonamides is 1. The van der Waals surface area contributed by atoms with Gasteiger partial charge in [0.1, 0.15) is 0 Å². The molecule has 4 aromatic rings. The Morgan fingerprint density at radius 3 is 2.36 bits per heavy atom. The lowest BCUT2D eigenvalue weighted by atomic mass is 10.1. The van der Waals surface area contributed by atoms with E-state index in [4.69, 9.17) is 5.14 Å². The molecule has 11 heteroatoms. The molecule has 4 rings (SSSR count). The molecule has 0 amide bonds. The quantitative estimate of drug-likeness (QED) is 0.281. The van der Waals surface area contributed by atoms with Crippen LogP contribution >= 0.6 is 0 Å². The van der Waals surface area contributed by atoms with Gasteiger partial charge in [-0.3, -0.25) is 0 Å². The van der Waals surface area contributed by atoms with Crippen LogP contribution in [0, 0.1) is 11.0 Å². The maximum atomic E-state index is 14.3. The number of hydrogen-bond donors (Lipinski definition) is 3. The molecule has 0 fully saturated rings. The smallest absolute Gasteiger partial charge is 0.238 e. The van der Waals surface area contributed by atoms with Gasteiger partial charge in [0.2, 0.25) is 16.0 Å². The van der Waals surface area contributed by atoms with Crippen molar-refractivity contribution in [3.05, 3.63) is 101 Å². The monoisotopic (exact) mass is 466 g/mol. The molecule has 0 unspecified atom stereocenters. The predicted octanol–water partition coefficient (Wildman–Crippen LogP) is 2.97. The summed E-state index contributed by atoms with van der Waals surface area (Å²) >= 11 is 0. The van der Waals surface area contributed by atoms with E-state index in [9.17, 15) is 18.0 Å². The van der Waals surface area contributed by atoms with E-state index in [1.54, 1.807) is 30.3 Å². The van der Waals surface area contributed by atoms with Crippen LogP contribution in [-0.4, -0.2) is 18.4 Å². The number of hydrogen-bond acceptors (Lipinski definition) is 7. The van der Waals surface area contributed by atoms with Crippen LogP contribution in [0.15, 0.2) is 84.1 Å². The van der Waals surface area contributed by atoms with E-state index in [1.165, 1.54) is 30.6 Å². The van der Waals surface area contributed by atoms with Gasteiger partial charge in [-0.15, -0.1) is 0 Å². The van der Waals surface area contributed by atoms with Crippen LogP contribution in [0.3, 0.4) is 0 Å². The Hall–Kier alpha value is -4.09. The highest BCUT2D eigenvalue weighted by atomic mass is 32.2. The molecule has 2 heterocycles. The summed E-state index contributed by atoms with van der Waals surface area (Å²) in [4.78, 5) is 7.95. The Labute approximate surface area is 189 Å². The zero-order chi connectivity index (χ0) is 23.4. The number of pyridine rings is 1. The van der Waals surface area contributed by atoms with Crippen LogP contribution in [0.5, 0.6) is 0 Å². The third-order valence-corrected chi connectivity index (χ3v) is 5.57. The summed E-state index contributed by atoms with van der Waals surface area (Å²) in [6.45, 7) is 0. The Kier molecular flexibility index (Phi) is 6.16. The first-order chi connectivity index (χ1) is 15.8. The zero-order valence-electron chi connectivity index (χ0n) is 17.1. The van der Waals surface area contributed by atoms with Crippen molar-refractivity contribution < 1.29 is 17.5 Å². The Balaban J connectivity index is 1.47. The second-order valence-corrected chi connectivity index (χ2v) is 8.71. The fraction of sp³-hybridized carbons (Fsp3) is 0.0455. The molecular formula is C22H19FN6O3S. The van der Waals surface area contributed by atoms with Crippen molar-refractivity contribution >= 4 is 33.2 Å². The van der Waals surface area contributed by atoms with E-state index in [2.05, 4.69) is 20.6 Å². The Morgan fingerprint density at radius 1 is 0.970 bits per heavy atom. The number of anilines is 4. The average Bonchev–Trinajstić information content (AvgIpc) is 2.78. The minimum absolute atomic E-state index is 0.0501. The fourth-order valence-corrected chi connectivity index (χ4v) is 3.59. The zero-order valence-corrected chi connectivity index (χ0v) is 18.0. The van der Waals surface area contributed by atoms with Crippen molar-refractivity contribution in [3.63, 3.8) is 0 Å². The van der Waals surface area contributed by atoms with Crippen molar-refractivity contribution in [2.24, 2.45) is 5.14 Å². The lowest BCUT2D eigenvalue weighted by Crippen LogP contribution is -2.23. The van der Waals surface area contributed by atoms with Crippen LogP contribution < -0.4 is 20.5 Å². The molecular weight excluding hydrogens is 447 g/mol. The highest BCUT2D eigenvalue weighted by Gasteiger charge is 2.11. The molecule has 9 nitrogen and oxygen atoms in total. The number of rotatable bonds is 7. The van der Waals surface area contributed by atoms with Crippen molar-refractivity contribution in [3.8, 4) is 0 Å². The number of primary sulfonamides is 1. The number of nitrogens with zero attached hydrogens (tertiary/aromatic N) is 3. The highest BCUT2D eigenvalue weighted by Crippen LogP contribution is 2.22. The normalized spacial score (nSPS) is 11.2. The molecule has 0 radical (unpaired) electrons. The lowest BCUT2D eigenvalue weighted by Gasteiger charge is -2.11. The van der Waals surface area contributed by atoms with Gasteiger partial charge in [-0.05, 0) is 47.9 Å². The van der Waals surface area contributed by atoms with Gasteiger partial charge in [0.15, 0.2) is 24.0 Å². The first-order valence-electron chi connectivity index (χ1n) is 9.72. The van der Waals surface area contributed by atoms with Gasteiger partial charge in [-0.2, -0.15) is 9.71 Å². The molecule has 0 atom stereocenters. The summed E-state index contributed by atoms with van der Waals surface area (Å²) in [6, 6.07) is 16.7. The molecule has 0 bridgehead atoms. The standard InChI is InChI=1S/C22H19FN6O3S/c23-20-14-25-22(27-18-2-1-3-19(13-18)33(24,31)32)28-21(20)26-17-6-4-15(5-7-17)12-16-8-10-29(30)11-9-16/h1-11,13-14H,12H2,(H2,24,31,32)(H2,25,26,27,28). The molecule has 0 saturated carbocycles. The Morgan fingerprint density at radius 2 is 1.67 bits per heavy atom. The second kappa shape index (κ2) is 9.18. The van der Waals surface area contributed by atoms with Crippen molar-refractivity contribution in [1.82, 2.24) is 9.97 Å². The van der Waals surface area contributed by atoms with Gasteiger partial charge in [0.05, 0.1) is 11.1 Å². The van der Waals surface area contributed by atoms with Crippen LogP contribution in [0.1, 0.15) is 11.1 Å². The van der Waals surface area contributed by atoms with E-state index < -0.39 is 15.8 Å². The molecule has 168 valence electrons. The summed E-state index contributed by atoms with van der Waals surface area (Å²) in [5.74, 6) is -0.634. The Bertz CT molecular complexity index is 1380. The van der Waals surface area contributed by atoms with E-state index in [1.807, 2.05) is 12.1 Å². The molecule has 0 aliphatic rings. The van der Waals surface area contributed by atoms with E-state index in [0.29, 0.717) is 17.8 Å². The fourth-order valence-electron chi connectivity index (χ4n) is 3.03. The summed E-state index contributed by atoms with van der Waals surface area (Å²) in [6.07, 6.45) is 4.54. The predicted molar refractivity (Wildman–Crippen MR) is 121 cm³/mol. The molecule has 33 heavy (non-hydrogen) atoms. The van der Waals surface area contributed by atoms with E-state index in [0.717, 1.165) is 22.1 Å². The van der Waals surface area contributed by atoms with Gasteiger partial charge in [0, 0.05) is 23.5 Å². The van der Waals surface area contributed by atoms with Crippen LogP contribution in [-0.2, 0) is 16.4 Å². The molecule has 2 aromatic heterocycles. The summed E-state index contributed by atoms with van der Waals surface area (Å²) in [7, 11) is -3.87. The topological polar surface area (TPSA) is 137 Å². The van der Waals surface area contributed by atoms with Crippen molar-refractivity contribution in [2.45, 2.75) is 11.3 Å². The maximum Gasteiger partial charge on any atom is 0.238 e. The third-order valence-electron chi connectivity index (χ3n) is 4.66. The van der Waals surface area contributed by atoms with E-state index >= 15 is 0 Å². The molecule has 2 aromatic carbocycles. The minimum atomic E-state index is -3.87. The molecule has 4 N–H and O–H groups in total. The van der Waals surface area contributed by atoms with Gasteiger partial charge in [0.25, 0.3) is 0 Å². The summed E-state index contributed by atoms with van der Waals surface area (Å²) in [5.41, 5.74) is 3.01. The second-order valence-electron chi connectivity index (χ2n) is 7.15. The third kappa shape index (κ3) is 5.79. The SMILES string of the molecule is NS(=O)(=O)c1cccc(Nc2ncc(F)c(Nc3ccc(Cc4cc[n+]([O-])cc4)cc3)n2)c1. The molecule has 0 aliphatic carbocycles. The van der Waals surface area contributed by atoms with Crippen molar-refractivity contribution in [2.75, 3.05) is 10.6 Å². The number of aromatic nitrogens is 3. The van der Waals surface area contributed by atoms with Gasteiger partial charge in [-0.25, -0.2) is 22.9 Å². The first-order valence-corrected chi connectivity index (χ1v) is 11.3. The van der Waals surface area contributed by atoms with Crippen LogP contribution in [0.25, 0.3) is 0 Å². The van der Waals surface area contributed by atoms with E-state index in [-0.39, 0.29) is 16.7 Å². The molecule has 0 spiro atoms. The summed E-state index contributed by atoms with van der Waals surface area (Å²) < 4.78 is 38.1. The van der Waals surface area contributed by atoms with Gasteiger partial charge >= 0.3 is 0 Å². The van der Waals surface area contributed by atoms with Crippen molar-refractivity contribution in [1.29, 1.82) is 0 Å². The number of benzene rings is 2. The van der Waals surface area contributed by atoms with Crippen LogP contribution in [0.4, 0.5) is 27.5 Å². The number of halogens is 1. The average molecular weight is 466 g/mol. The first kappa shape index (κ1) is 22.1. The van der Waals surface area contributed by atoms with Crippen LogP contribution in [0.2, 0.25) is 0 Å². The number of nitrogens with two attached hydrogens (primary N) is 1. The van der Waals surface area contributed by atoms with Gasteiger partial charge in [-0.1, -0.05) is 18.2 Å². The number of nitrogens with one attached hydrogen (secondary N) is 2. The van der Waals surface area contributed by atoms with Gasteiger partial charge < -0.3 is 15.8 Å². The lowest BCUT2D eigenvalue weighted by molar-refractivity contribution is -0.605. The highest BCUT2D eigenvalue weighted by molar-refractivity contribution is 7.89. The largest absolute Gasteiger partial charge is 0.619 e. The maximum absolute atomic E-state index is 14.3. The summed E-state index contributed by atoms with van der Waals surface area (Å²) in [5, 5.41) is 22.0.